The van der Waals surface area contributed by atoms with Crippen molar-refractivity contribution < 1.29 is 44.7 Å². The van der Waals surface area contributed by atoms with Gasteiger partial charge in [0.1, 0.15) is 0 Å². The molecule has 0 atom stereocenters. The van der Waals surface area contributed by atoms with Gasteiger partial charge in [-0.15, -0.1) is 0 Å². The number of aryl methyl sites for hydroxylation is 4. The first-order chi connectivity index (χ1) is 15.4. The zero-order valence-corrected chi connectivity index (χ0v) is 18.3. The highest BCUT2D eigenvalue weighted by atomic mass is 19.4. The molecule has 2 aromatic carbocycles. The van der Waals surface area contributed by atoms with E-state index in [1.54, 1.807) is 13.8 Å². The molecule has 4 nitrogen and oxygen atoms in total. The molecule has 0 aliphatic rings. The highest BCUT2D eigenvalue weighted by molar-refractivity contribution is 5.99. The summed E-state index contributed by atoms with van der Waals surface area (Å²) in [6.07, 6.45) is 0. The molecule has 0 spiro atoms. The van der Waals surface area contributed by atoms with Gasteiger partial charge in [0.05, 0.1) is 0 Å². The first kappa shape index (κ1) is 27.1. The van der Waals surface area contributed by atoms with Crippen LogP contribution in [0.25, 0.3) is 0 Å². The quantitative estimate of drug-likeness (QED) is 0.460. The van der Waals surface area contributed by atoms with E-state index < -0.39 is 46.9 Å². The van der Waals surface area contributed by atoms with Crippen molar-refractivity contribution in [3.8, 4) is 0 Å². The van der Waals surface area contributed by atoms with Crippen LogP contribution in [0.1, 0.15) is 22.3 Å². The minimum absolute atomic E-state index is 0.438. The van der Waals surface area contributed by atoms with Crippen LogP contribution in [0.3, 0.4) is 0 Å². The van der Waals surface area contributed by atoms with Crippen LogP contribution in [0.5, 0.6) is 0 Å². The number of rotatable bonds is 7. The lowest BCUT2D eigenvalue weighted by molar-refractivity contribution is -0.345. The van der Waals surface area contributed by atoms with Crippen molar-refractivity contribution in [2.24, 2.45) is 0 Å². The monoisotopic (exact) mass is 496 g/mol. The van der Waals surface area contributed by atoms with E-state index in [2.05, 4.69) is 0 Å². The highest BCUT2D eigenvalue weighted by Crippen LogP contribution is 2.53. The third kappa shape index (κ3) is 4.58. The van der Waals surface area contributed by atoms with Gasteiger partial charge in [-0.05, 0) is 74.2 Å². The van der Waals surface area contributed by atoms with Crippen molar-refractivity contribution in [2.45, 2.75) is 51.4 Å². The largest absolute Gasteiger partial charge is 0.393 e. The van der Waals surface area contributed by atoms with Gasteiger partial charge >= 0.3 is 35.5 Å². The number of hydrogen-bond acceptors (Lipinski definition) is 2. The van der Waals surface area contributed by atoms with E-state index in [4.69, 9.17) is 0 Å². The fourth-order valence-corrected chi connectivity index (χ4v) is 2.74. The fraction of sp³-hybridized carbons (Fsp3) is 0.364. The van der Waals surface area contributed by atoms with Gasteiger partial charge in [0, 0.05) is 11.4 Å². The Morgan fingerprint density at radius 2 is 0.853 bits per heavy atom. The van der Waals surface area contributed by atoms with E-state index in [1.165, 1.54) is 36.6 Å². The van der Waals surface area contributed by atoms with Crippen molar-refractivity contribution in [1.29, 1.82) is 0 Å². The fourth-order valence-electron chi connectivity index (χ4n) is 2.74. The normalized spacial score (nSPS) is 12.9. The van der Waals surface area contributed by atoms with Gasteiger partial charge < -0.3 is 10.6 Å². The maximum Gasteiger partial charge on any atom is 0.393 e. The maximum absolute atomic E-state index is 14.2. The molecular formula is C22H20F8N2O2. The second-order valence-corrected chi connectivity index (χ2v) is 7.80. The summed E-state index contributed by atoms with van der Waals surface area (Å²) >= 11 is 0. The molecular weight excluding hydrogens is 476 g/mol. The molecule has 0 aliphatic carbocycles. The second kappa shape index (κ2) is 8.88. The van der Waals surface area contributed by atoms with E-state index in [9.17, 15) is 44.7 Å². The molecule has 2 amide bonds. The summed E-state index contributed by atoms with van der Waals surface area (Å²) in [4.78, 5) is 23.5. The Labute approximate surface area is 189 Å². The van der Waals surface area contributed by atoms with Crippen molar-refractivity contribution in [3.05, 3.63) is 58.7 Å². The van der Waals surface area contributed by atoms with E-state index in [0.717, 1.165) is 24.3 Å². The van der Waals surface area contributed by atoms with Crippen LogP contribution in [0.15, 0.2) is 36.4 Å². The van der Waals surface area contributed by atoms with Crippen LogP contribution in [-0.2, 0) is 9.59 Å². The number of nitrogens with one attached hydrogen (secondary N) is 2. The molecule has 0 saturated heterocycles. The lowest BCUT2D eigenvalue weighted by atomic mass is 9.97. The average Bonchev–Trinajstić information content (AvgIpc) is 2.72. The van der Waals surface area contributed by atoms with E-state index >= 15 is 0 Å². The van der Waals surface area contributed by atoms with Gasteiger partial charge in [-0.2, -0.15) is 35.1 Å². The summed E-state index contributed by atoms with van der Waals surface area (Å²) in [5.41, 5.74) is 1.24. The molecule has 2 rings (SSSR count). The summed E-state index contributed by atoms with van der Waals surface area (Å²) in [5, 5.41) is 2.63. The van der Waals surface area contributed by atoms with Gasteiger partial charge in [-0.25, -0.2) is 0 Å². The van der Waals surface area contributed by atoms with Gasteiger partial charge in [0.25, 0.3) is 0 Å². The first-order valence-corrected chi connectivity index (χ1v) is 9.65. The standard InChI is InChI=1S/C22H20F8N2O2/c1-11-5-7-15(9-13(11)3)31-17(33)19(23,24)21(27,28)22(29,30)20(25,26)18(34)32-16-8-6-12(2)14(4)10-16/h5-10H,1-4H3,(H,31,33)(H,32,34). The Kier molecular flexibility index (Phi) is 7.07. The number of amides is 2. The summed E-state index contributed by atoms with van der Waals surface area (Å²) in [5.74, 6) is -32.4. The van der Waals surface area contributed by atoms with Crippen molar-refractivity contribution in [2.75, 3.05) is 10.6 Å². The summed E-state index contributed by atoms with van der Waals surface area (Å²) in [6.45, 7) is 6.19. The molecule has 0 fully saturated rings. The molecule has 0 unspecified atom stereocenters. The second-order valence-electron chi connectivity index (χ2n) is 7.80. The number of halogens is 8. The third-order valence-corrected chi connectivity index (χ3v) is 5.28. The number of carbonyl (C=O) groups excluding carboxylic acids is 2. The molecule has 0 saturated carbocycles. The SMILES string of the molecule is Cc1ccc(NC(=O)C(F)(F)C(F)(F)C(F)(F)C(F)(F)C(=O)Nc2ccc(C)c(C)c2)cc1C. The van der Waals surface area contributed by atoms with Crippen LogP contribution in [0.2, 0.25) is 0 Å². The van der Waals surface area contributed by atoms with Gasteiger partial charge in [-0.3, -0.25) is 9.59 Å². The minimum Gasteiger partial charge on any atom is -0.321 e. The number of alkyl halides is 8. The average molecular weight is 496 g/mol. The van der Waals surface area contributed by atoms with Crippen LogP contribution >= 0.6 is 0 Å². The molecule has 0 radical (unpaired) electrons. The van der Waals surface area contributed by atoms with Gasteiger partial charge in [0.2, 0.25) is 0 Å². The smallest absolute Gasteiger partial charge is 0.321 e. The van der Waals surface area contributed by atoms with Gasteiger partial charge in [-0.1, -0.05) is 12.1 Å². The molecule has 0 aromatic heterocycles. The molecule has 12 heteroatoms. The summed E-state index contributed by atoms with van der Waals surface area (Å²) in [6, 6.07) is 6.87. The van der Waals surface area contributed by atoms with Crippen LogP contribution in [-0.4, -0.2) is 35.5 Å². The number of hydrogen-bond donors (Lipinski definition) is 2. The number of anilines is 2. The molecule has 186 valence electrons. The van der Waals surface area contributed by atoms with E-state index in [-0.39, 0.29) is 0 Å². The predicted molar refractivity (Wildman–Crippen MR) is 109 cm³/mol. The number of carbonyl (C=O) groups is 2. The summed E-state index contributed by atoms with van der Waals surface area (Å²) in [7, 11) is 0. The van der Waals surface area contributed by atoms with Gasteiger partial charge in [0.15, 0.2) is 0 Å². The zero-order valence-electron chi connectivity index (χ0n) is 18.3. The minimum atomic E-state index is -6.95. The van der Waals surface area contributed by atoms with Crippen LogP contribution in [0, 0.1) is 27.7 Å². The first-order valence-electron chi connectivity index (χ1n) is 9.65. The van der Waals surface area contributed by atoms with Crippen LogP contribution in [0.4, 0.5) is 46.5 Å². The maximum atomic E-state index is 14.2. The summed E-state index contributed by atoms with van der Waals surface area (Å²) < 4.78 is 113. The van der Waals surface area contributed by atoms with E-state index in [1.807, 2.05) is 0 Å². The third-order valence-electron chi connectivity index (χ3n) is 5.28. The van der Waals surface area contributed by atoms with Crippen molar-refractivity contribution in [1.82, 2.24) is 0 Å². The molecule has 0 aliphatic heterocycles. The van der Waals surface area contributed by atoms with Crippen molar-refractivity contribution >= 4 is 23.2 Å². The Balaban J connectivity index is 2.33. The molecule has 0 heterocycles. The lowest BCUT2D eigenvalue weighted by Crippen LogP contribution is -2.67. The lowest BCUT2D eigenvalue weighted by Gasteiger charge is -2.35. The van der Waals surface area contributed by atoms with Crippen molar-refractivity contribution in [3.63, 3.8) is 0 Å². The number of benzene rings is 2. The Hall–Kier alpha value is -3.18. The Morgan fingerprint density at radius 1 is 0.559 bits per heavy atom. The molecule has 34 heavy (non-hydrogen) atoms. The zero-order chi connectivity index (χ0) is 26.3. The Bertz CT molecular complexity index is 1030. The highest BCUT2D eigenvalue weighted by Gasteiger charge is 2.84. The molecule has 2 aromatic rings. The van der Waals surface area contributed by atoms with Crippen LogP contribution < -0.4 is 10.6 Å². The topological polar surface area (TPSA) is 58.2 Å². The predicted octanol–water partition coefficient (Wildman–Crippen LogP) is 6.04. The Morgan fingerprint density at radius 3 is 1.12 bits per heavy atom. The van der Waals surface area contributed by atoms with E-state index in [0.29, 0.717) is 22.3 Å². The molecule has 0 bridgehead atoms. The molecule has 2 N–H and O–H groups in total.